The molecule has 0 atom stereocenters. The lowest BCUT2D eigenvalue weighted by molar-refractivity contribution is -0.385. The molecule has 1 aliphatic heterocycles. The van der Waals surface area contributed by atoms with E-state index in [1.807, 2.05) is 0 Å². The van der Waals surface area contributed by atoms with E-state index in [1.165, 1.54) is 18.4 Å². The van der Waals surface area contributed by atoms with Gasteiger partial charge in [-0.3, -0.25) is 10.1 Å². The minimum absolute atomic E-state index is 0.0264. The monoisotopic (exact) mass is 345 g/mol. The molecule has 1 aliphatic rings. The minimum atomic E-state index is -0.710. The van der Waals surface area contributed by atoms with Crippen LogP contribution in [0.15, 0.2) is 44.2 Å². The number of aromatic nitrogens is 2. The van der Waals surface area contributed by atoms with Crippen LogP contribution in [0.1, 0.15) is 11.1 Å². The summed E-state index contributed by atoms with van der Waals surface area (Å²) in [4.78, 5) is 22.6. The summed E-state index contributed by atoms with van der Waals surface area (Å²) in [5.41, 5.74) is 0.859. The first-order valence-corrected chi connectivity index (χ1v) is 7.24. The first-order chi connectivity index (χ1) is 12.1. The third-order valence-corrected chi connectivity index (χ3v) is 3.64. The maximum atomic E-state index is 12.0. The number of nitro benzene ring substituents is 1. The van der Waals surface area contributed by atoms with Gasteiger partial charge >= 0.3 is 5.76 Å². The average molecular weight is 345 g/mol. The van der Waals surface area contributed by atoms with E-state index in [-0.39, 0.29) is 31.5 Å². The molecule has 0 unspecified atom stereocenters. The zero-order valence-corrected chi connectivity index (χ0v) is 12.7. The number of nitrogens with zero attached hydrogens (tertiary/aromatic N) is 3. The number of rotatable bonds is 4. The van der Waals surface area contributed by atoms with Crippen LogP contribution in [-0.2, 0) is 17.9 Å². The van der Waals surface area contributed by atoms with Gasteiger partial charge < -0.3 is 18.3 Å². The zero-order chi connectivity index (χ0) is 17.4. The Labute approximate surface area is 139 Å². The minimum Gasteiger partial charge on any atom is -0.467 e. The summed E-state index contributed by atoms with van der Waals surface area (Å²) >= 11 is 0. The van der Waals surface area contributed by atoms with Gasteiger partial charge in [-0.25, -0.2) is 4.79 Å². The summed E-state index contributed by atoms with van der Waals surface area (Å²) in [6.07, 6.45) is 1.43. The molecule has 3 heterocycles. The van der Waals surface area contributed by atoms with Gasteiger partial charge in [0.1, 0.15) is 5.75 Å². The predicted octanol–water partition coefficient (Wildman–Crippen LogP) is 1.92. The Hall–Kier alpha value is -3.40. The molecule has 0 bridgehead atoms. The molecule has 0 radical (unpaired) electrons. The van der Waals surface area contributed by atoms with Gasteiger partial charge in [0.05, 0.1) is 24.3 Å². The molecule has 2 aromatic heterocycles. The van der Waals surface area contributed by atoms with Crippen molar-refractivity contribution in [2.45, 2.75) is 13.2 Å². The summed E-state index contributed by atoms with van der Waals surface area (Å²) in [5, 5.41) is 15.2. The van der Waals surface area contributed by atoms with Crippen molar-refractivity contribution in [1.29, 1.82) is 0 Å². The molecule has 0 saturated carbocycles. The molecule has 3 aromatic rings. The number of fused-ring (bicyclic) bond motifs is 1. The summed E-state index contributed by atoms with van der Waals surface area (Å²) in [6.45, 7) is 0.172. The fourth-order valence-corrected chi connectivity index (χ4v) is 2.57. The van der Waals surface area contributed by atoms with Crippen LogP contribution in [0.4, 0.5) is 5.69 Å². The number of ether oxygens (including phenoxy) is 2. The standard InChI is InChI=1S/C15H11N3O7/c19-15-17(16-14(25-15)12-2-1-3-23-12)6-9-4-11(18(20)21)5-10-7-22-8-24-13(9)10/h1-5H,6-8H2. The molecule has 1 aromatic carbocycles. The summed E-state index contributed by atoms with van der Waals surface area (Å²) in [7, 11) is 0. The van der Waals surface area contributed by atoms with Crippen molar-refractivity contribution in [3.05, 3.63) is 62.3 Å². The van der Waals surface area contributed by atoms with E-state index in [2.05, 4.69) is 5.10 Å². The van der Waals surface area contributed by atoms with Gasteiger partial charge in [-0.05, 0) is 12.1 Å². The lowest BCUT2D eigenvalue weighted by Crippen LogP contribution is -2.19. The smallest absolute Gasteiger partial charge is 0.437 e. The molecule has 0 amide bonds. The van der Waals surface area contributed by atoms with Crippen LogP contribution in [0.5, 0.6) is 5.75 Å². The SMILES string of the molecule is O=c1oc(-c2ccco2)nn1Cc1cc([N+](=O)[O-])cc2c1OCOC2. The number of furan rings is 1. The second-order valence-corrected chi connectivity index (χ2v) is 5.27. The topological polar surface area (TPSA) is 123 Å². The first kappa shape index (κ1) is 15.1. The van der Waals surface area contributed by atoms with Crippen molar-refractivity contribution in [3.8, 4) is 17.4 Å². The summed E-state index contributed by atoms with van der Waals surface area (Å²) < 4.78 is 21.8. The molecule has 10 heteroatoms. The van der Waals surface area contributed by atoms with Gasteiger partial charge in [0.15, 0.2) is 12.6 Å². The number of non-ortho nitro benzene ring substituents is 1. The fraction of sp³-hybridized carbons (Fsp3) is 0.200. The molecule has 25 heavy (non-hydrogen) atoms. The highest BCUT2D eigenvalue weighted by Gasteiger charge is 2.22. The van der Waals surface area contributed by atoms with E-state index < -0.39 is 10.7 Å². The molecule has 128 valence electrons. The number of benzene rings is 1. The van der Waals surface area contributed by atoms with Gasteiger partial charge in [-0.1, -0.05) is 0 Å². The van der Waals surface area contributed by atoms with E-state index in [0.717, 1.165) is 4.68 Å². The van der Waals surface area contributed by atoms with Crippen LogP contribution < -0.4 is 10.5 Å². The van der Waals surface area contributed by atoms with Crippen molar-refractivity contribution >= 4 is 5.69 Å². The Bertz CT molecular complexity index is 987. The Balaban J connectivity index is 1.74. The van der Waals surface area contributed by atoms with Crippen LogP contribution in [0, 0.1) is 10.1 Å². The Morgan fingerprint density at radius 3 is 3.00 bits per heavy atom. The molecule has 0 aliphatic carbocycles. The molecule has 4 rings (SSSR count). The largest absolute Gasteiger partial charge is 0.467 e. The van der Waals surface area contributed by atoms with Crippen LogP contribution in [0.2, 0.25) is 0 Å². The highest BCUT2D eigenvalue weighted by atomic mass is 16.7. The second-order valence-electron chi connectivity index (χ2n) is 5.27. The maximum Gasteiger partial charge on any atom is 0.437 e. The number of nitro groups is 1. The molecule has 0 N–H and O–H groups in total. The van der Waals surface area contributed by atoms with Crippen molar-refractivity contribution in [3.63, 3.8) is 0 Å². The Kier molecular flexibility index (Phi) is 3.58. The predicted molar refractivity (Wildman–Crippen MR) is 80.9 cm³/mol. The highest BCUT2D eigenvalue weighted by Crippen LogP contribution is 2.33. The van der Waals surface area contributed by atoms with E-state index in [0.29, 0.717) is 22.6 Å². The summed E-state index contributed by atoms with van der Waals surface area (Å²) in [5.74, 6) is 0.0742. The van der Waals surface area contributed by atoms with Crippen LogP contribution >= 0.6 is 0 Å². The van der Waals surface area contributed by atoms with Gasteiger partial charge in [0, 0.05) is 23.3 Å². The first-order valence-electron chi connectivity index (χ1n) is 7.24. The molecular weight excluding hydrogens is 334 g/mol. The Morgan fingerprint density at radius 2 is 2.24 bits per heavy atom. The molecule has 10 nitrogen and oxygen atoms in total. The lowest BCUT2D eigenvalue weighted by atomic mass is 10.1. The fourth-order valence-electron chi connectivity index (χ4n) is 2.57. The van der Waals surface area contributed by atoms with Crippen LogP contribution in [0.3, 0.4) is 0 Å². The highest BCUT2D eigenvalue weighted by molar-refractivity contribution is 5.50. The molecule has 0 fully saturated rings. The third-order valence-electron chi connectivity index (χ3n) is 3.64. The maximum absolute atomic E-state index is 12.0. The average Bonchev–Trinajstić information content (AvgIpc) is 3.25. The molecule has 0 saturated heterocycles. The summed E-state index contributed by atoms with van der Waals surface area (Å²) in [6, 6.07) is 5.97. The number of hydrogen-bond acceptors (Lipinski definition) is 8. The number of hydrogen-bond donors (Lipinski definition) is 0. The van der Waals surface area contributed by atoms with Crippen molar-refractivity contribution in [2.24, 2.45) is 0 Å². The van der Waals surface area contributed by atoms with Gasteiger partial charge in [-0.15, -0.1) is 5.10 Å². The van der Waals surface area contributed by atoms with Crippen LogP contribution in [-0.4, -0.2) is 21.5 Å². The van der Waals surface area contributed by atoms with Crippen molar-refractivity contribution in [2.75, 3.05) is 6.79 Å². The quantitative estimate of drug-likeness (QED) is 0.519. The van der Waals surface area contributed by atoms with Gasteiger partial charge in [0.2, 0.25) is 0 Å². The van der Waals surface area contributed by atoms with Crippen molar-refractivity contribution < 1.29 is 23.2 Å². The molecule has 0 spiro atoms. The normalized spacial score (nSPS) is 13.3. The van der Waals surface area contributed by atoms with E-state index in [9.17, 15) is 14.9 Å². The zero-order valence-electron chi connectivity index (χ0n) is 12.7. The van der Waals surface area contributed by atoms with E-state index in [4.69, 9.17) is 18.3 Å². The second kappa shape index (κ2) is 5.91. The molecular formula is C15H11N3O7. The Morgan fingerprint density at radius 1 is 1.36 bits per heavy atom. The van der Waals surface area contributed by atoms with Crippen molar-refractivity contribution in [1.82, 2.24) is 9.78 Å². The van der Waals surface area contributed by atoms with E-state index in [1.54, 1.807) is 12.1 Å². The lowest BCUT2D eigenvalue weighted by Gasteiger charge is -2.20. The van der Waals surface area contributed by atoms with E-state index >= 15 is 0 Å². The van der Waals surface area contributed by atoms with Gasteiger partial charge in [-0.2, -0.15) is 4.68 Å². The van der Waals surface area contributed by atoms with Crippen LogP contribution in [0.25, 0.3) is 11.7 Å². The third kappa shape index (κ3) is 2.78. The van der Waals surface area contributed by atoms with Gasteiger partial charge in [0.25, 0.3) is 11.6 Å².